The molecule has 0 saturated heterocycles. The van der Waals surface area contributed by atoms with Crippen LogP contribution in [-0.2, 0) is 6.18 Å². The van der Waals surface area contributed by atoms with E-state index in [4.69, 9.17) is 5.73 Å². The van der Waals surface area contributed by atoms with Crippen LogP contribution in [0, 0.1) is 0 Å². The number of benzene rings is 1. The Labute approximate surface area is 123 Å². The van der Waals surface area contributed by atoms with E-state index < -0.39 is 11.7 Å². The number of hydrogen-bond donors (Lipinski definition) is 1. The Morgan fingerprint density at radius 1 is 1.19 bits per heavy atom. The standard InChI is InChI=1S/C15H22F3N3/c1-20(2)14(7-4-8-14)10-21(3)13-6-5-11(9-12(13)19)15(16,17)18/h5-6,9H,4,7-8,10,19H2,1-3H3. The zero-order chi connectivity index (χ0) is 15.8. The molecule has 1 saturated carbocycles. The summed E-state index contributed by atoms with van der Waals surface area (Å²) in [4.78, 5) is 4.15. The lowest BCUT2D eigenvalue weighted by Crippen LogP contribution is -2.56. The third kappa shape index (κ3) is 3.10. The van der Waals surface area contributed by atoms with E-state index in [0.717, 1.165) is 31.5 Å². The van der Waals surface area contributed by atoms with Crippen LogP contribution in [0.5, 0.6) is 0 Å². The Balaban J connectivity index is 2.18. The van der Waals surface area contributed by atoms with Crippen molar-refractivity contribution in [2.45, 2.75) is 31.0 Å². The molecule has 0 bridgehead atoms. The van der Waals surface area contributed by atoms with Gasteiger partial charge in [0, 0.05) is 19.1 Å². The minimum absolute atomic E-state index is 0.101. The van der Waals surface area contributed by atoms with Gasteiger partial charge in [0.2, 0.25) is 0 Å². The Hall–Kier alpha value is -1.43. The first-order valence-corrected chi connectivity index (χ1v) is 7.01. The molecule has 2 rings (SSSR count). The van der Waals surface area contributed by atoms with Crippen LogP contribution in [0.2, 0.25) is 0 Å². The summed E-state index contributed by atoms with van der Waals surface area (Å²) in [7, 11) is 5.97. The Morgan fingerprint density at radius 2 is 1.81 bits per heavy atom. The molecule has 0 heterocycles. The van der Waals surface area contributed by atoms with Crippen LogP contribution >= 0.6 is 0 Å². The number of alkyl halides is 3. The summed E-state index contributed by atoms with van der Waals surface area (Å²) in [6.45, 7) is 0.759. The van der Waals surface area contributed by atoms with Gasteiger partial charge in [0.25, 0.3) is 0 Å². The van der Waals surface area contributed by atoms with Crippen LogP contribution in [-0.4, -0.2) is 38.1 Å². The minimum atomic E-state index is -4.36. The van der Waals surface area contributed by atoms with E-state index in [9.17, 15) is 13.2 Å². The maximum Gasteiger partial charge on any atom is 0.416 e. The van der Waals surface area contributed by atoms with Gasteiger partial charge in [0.05, 0.1) is 16.9 Å². The van der Waals surface area contributed by atoms with Crippen molar-refractivity contribution in [1.82, 2.24) is 4.90 Å². The third-order valence-corrected chi connectivity index (χ3v) is 4.53. The minimum Gasteiger partial charge on any atom is -0.397 e. The van der Waals surface area contributed by atoms with Gasteiger partial charge >= 0.3 is 6.18 Å². The van der Waals surface area contributed by atoms with Crippen molar-refractivity contribution in [3.8, 4) is 0 Å². The highest BCUT2D eigenvalue weighted by Crippen LogP contribution is 2.39. The van der Waals surface area contributed by atoms with Gasteiger partial charge in [-0.3, -0.25) is 0 Å². The molecule has 0 amide bonds. The van der Waals surface area contributed by atoms with E-state index in [-0.39, 0.29) is 11.2 Å². The summed E-state index contributed by atoms with van der Waals surface area (Å²) in [5.74, 6) is 0. The molecule has 1 aliphatic rings. The van der Waals surface area contributed by atoms with Gasteiger partial charge in [0.15, 0.2) is 0 Å². The molecular weight excluding hydrogens is 279 g/mol. The summed E-state index contributed by atoms with van der Waals surface area (Å²) in [6.07, 6.45) is -0.964. The number of anilines is 2. The highest BCUT2D eigenvalue weighted by atomic mass is 19.4. The average molecular weight is 301 g/mol. The van der Waals surface area contributed by atoms with E-state index in [0.29, 0.717) is 5.69 Å². The number of hydrogen-bond acceptors (Lipinski definition) is 3. The zero-order valence-electron chi connectivity index (χ0n) is 12.7. The molecule has 1 aliphatic carbocycles. The number of likely N-dealkylation sites (N-methyl/N-ethyl adjacent to an activating group) is 2. The third-order valence-electron chi connectivity index (χ3n) is 4.53. The number of nitrogens with two attached hydrogens (primary N) is 1. The summed E-state index contributed by atoms with van der Waals surface area (Å²) >= 11 is 0. The van der Waals surface area contributed by atoms with Crippen LogP contribution < -0.4 is 10.6 Å². The molecule has 1 fully saturated rings. The van der Waals surface area contributed by atoms with E-state index in [2.05, 4.69) is 4.90 Å². The number of rotatable bonds is 4. The smallest absolute Gasteiger partial charge is 0.397 e. The normalized spacial score (nSPS) is 17.7. The molecule has 6 heteroatoms. The first-order valence-electron chi connectivity index (χ1n) is 7.01. The van der Waals surface area contributed by atoms with Gasteiger partial charge in [0.1, 0.15) is 0 Å². The van der Waals surface area contributed by atoms with Crippen molar-refractivity contribution in [2.24, 2.45) is 0 Å². The van der Waals surface area contributed by atoms with Crippen LogP contribution in [0.15, 0.2) is 18.2 Å². The lowest BCUT2D eigenvalue weighted by molar-refractivity contribution is -0.137. The summed E-state index contributed by atoms with van der Waals surface area (Å²) < 4.78 is 38.0. The van der Waals surface area contributed by atoms with Gasteiger partial charge in [-0.1, -0.05) is 0 Å². The fourth-order valence-electron chi connectivity index (χ4n) is 2.94. The highest BCUT2D eigenvalue weighted by molar-refractivity contribution is 5.68. The molecule has 2 N–H and O–H groups in total. The molecule has 0 atom stereocenters. The van der Waals surface area contributed by atoms with Gasteiger partial charge in [-0.2, -0.15) is 13.2 Å². The molecule has 0 radical (unpaired) electrons. The van der Waals surface area contributed by atoms with Crippen molar-refractivity contribution < 1.29 is 13.2 Å². The van der Waals surface area contributed by atoms with Crippen molar-refractivity contribution in [2.75, 3.05) is 38.3 Å². The van der Waals surface area contributed by atoms with Gasteiger partial charge in [-0.05, 0) is 51.6 Å². The van der Waals surface area contributed by atoms with Gasteiger partial charge < -0.3 is 15.5 Å². The van der Waals surface area contributed by atoms with E-state index in [1.165, 1.54) is 12.5 Å². The predicted molar refractivity (Wildman–Crippen MR) is 79.4 cm³/mol. The molecule has 0 aromatic heterocycles. The number of halogens is 3. The quantitative estimate of drug-likeness (QED) is 0.867. The number of nitrogens with zero attached hydrogens (tertiary/aromatic N) is 2. The lowest BCUT2D eigenvalue weighted by Gasteiger charge is -2.49. The summed E-state index contributed by atoms with van der Waals surface area (Å²) in [6, 6.07) is 3.56. The molecule has 21 heavy (non-hydrogen) atoms. The monoisotopic (exact) mass is 301 g/mol. The Morgan fingerprint density at radius 3 is 2.19 bits per heavy atom. The van der Waals surface area contributed by atoms with Crippen LogP contribution in [0.1, 0.15) is 24.8 Å². The molecule has 3 nitrogen and oxygen atoms in total. The van der Waals surface area contributed by atoms with Crippen LogP contribution in [0.4, 0.5) is 24.5 Å². The molecule has 118 valence electrons. The molecular formula is C15H22F3N3. The average Bonchev–Trinajstić information content (AvgIpc) is 2.31. The molecule has 1 aromatic carbocycles. The fraction of sp³-hybridized carbons (Fsp3) is 0.600. The van der Waals surface area contributed by atoms with Gasteiger partial charge in [-0.15, -0.1) is 0 Å². The van der Waals surface area contributed by atoms with Crippen molar-refractivity contribution in [3.63, 3.8) is 0 Å². The topological polar surface area (TPSA) is 32.5 Å². The van der Waals surface area contributed by atoms with E-state index in [1.54, 1.807) is 0 Å². The Bertz CT molecular complexity index is 507. The predicted octanol–water partition coefficient (Wildman–Crippen LogP) is 3.21. The lowest BCUT2D eigenvalue weighted by atomic mass is 9.75. The zero-order valence-corrected chi connectivity index (χ0v) is 12.7. The molecule has 0 unspecified atom stereocenters. The highest BCUT2D eigenvalue weighted by Gasteiger charge is 2.40. The summed E-state index contributed by atoms with van der Waals surface area (Å²) in [5.41, 5.74) is 6.03. The second-order valence-electron chi connectivity index (χ2n) is 6.10. The second kappa shape index (κ2) is 5.40. The largest absolute Gasteiger partial charge is 0.416 e. The molecule has 0 spiro atoms. The maximum atomic E-state index is 12.7. The van der Waals surface area contributed by atoms with E-state index >= 15 is 0 Å². The van der Waals surface area contributed by atoms with Crippen molar-refractivity contribution >= 4 is 11.4 Å². The van der Waals surface area contributed by atoms with E-state index in [1.807, 2.05) is 26.0 Å². The van der Waals surface area contributed by atoms with Crippen molar-refractivity contribution in [3.05, 3.63) is 23.8 Å². The SMILES string of the molecule is CN(CC1(N(C)C)CCC1)c1ccc(C(F)(F)F)cc1N. The Kier molecular flexibility index (Phi) is 4.10. The molecule has 0 aliphatic heterocycles. The first-order chi connectivity index (χ1) is 9.66. The fourth-order valence-corrected chi connectivity index (χ4v) is 2.94. The second-order valence-corrected chi connectivity index (χ2v) is 6.10. The van der Waals surface area contributed by atoms with Crippen LogP contribution in [0.3, 0.4) is 0 Å². The first kappa shape index (κ1) is 15.9. The van der Waals surface area contributed by atoms with Crippen LogP contribution in [0.25, 0.3) is 0 Å². The summed E-state index contributed by atoms with van der Waals surface area (Å²) in [5, 5.41) is 0. The number of nitrogen functional groups attached to an aromatic ring is 1. The van der Waals surface area contributed by atoms with Crippen molar-refractivity contribution in [1.29, 1.82) is 0 Å². The molecule has 1 aromatic rings. The van der Waals surface area contributed by atoms with Gasteiger partial charge in [-0.25, -0.2) is 0 Å². The maximum absolute atomic E-state index is 12.7.